The van der Waals surface area contributed by atoms with Crippen LogP contribution in [0.1, 0.15) is 49.3 Å². The van der Waals surface area contributed by atoms with Crippen LogP contribution in [0.15, 0.2) is 54.6 Å². The van der Waals surface area contributed by atoms with Crippen LogP contribution < -0.4 is 5.73 Å². The molecule has 2 aromatic rings. The quantitative estimate of drug-likeness (QED) is 0.604. The van der Waals surface area contributed by atoms with Crippen LogP contribution in [0.3, 0.4) is 0 Å². The third-order valence-electron chi connectivity index (χ3n) is 5.52. The maximum Gasteiger partial charge on any atom is 0.223 e. The van der Waals surface area contributed by atoms with Gasteiger partial charge in [0.2, 0.25) is 5.91 Å². The highest BCUT2D eigenvalue weighted by molar-refractivity contribution is 5.76. The summed E-state index contributed by atoms with van der Waals surface area (Å²) in [4.78, 5) is 14.6. The first kappa shape index (κ1) is 18.7. The molecule has 0 radical (unpaired) electrons. The first-order valence-corrected chi connectivity index (χ1v) is 9.82. The minimum atomic E-state index is -0.547. The average Bonchev–Trinajstić information content (AvgIpc) is 2.68. The van der Waals surface area contributed by atoms with E-state index in [0.717, 1.165) is 45.1 Å². The van der Waals surface area contributed by atoms with Gasteiger partial charge in [0.1, 0.15) is 0 Å². The van der Waals surface area contributed by atoms with Crippen molar-refractivity contribution in [1.82, 2.24) is 4.90 Å². The highest BCUT2D eigenvalue weighted by atomic mass is 16.2. The van der Waals surface area contributed by atoms with Gasteiger partial charge in [-0.25, -0.2) is 0 Å². The topological polar surface area (TPSA) is 46.3 Å². The largest absolute Gasteiger partial charge is 0.324 e. The molecule has 0 saturated carbocycles. The summed E-state index contributed by atoms with van der Waals surface area (Å²) in [5, 5.41) is 0. The van der Waals surface area contributed by atoms with Crippen LogP contribution in [0.25, 0.3) is 0 Å². The molecule has 0 saturated heterocycles. The van der Waals surface area contributed by atoms with E-state index >= 15 is 0 Å². The molecule has 0 heterocycles. The fraction of sp³-hybridized carbons (Fsp3) is 0.435. The van der Waals surface area contributed by atoms with Crippen molar-refractivity contribution in [3.8, 4) is 0 Å². The molecule has 0 spiro atoms. The SMILES string of the molecule is CCC(=O)N(CCCCc1ccccc1)C1(N)CCc2ccccc2C1. The monoisotopic (exact) mass is 350 g/mol. The van der Waals surface area contributed by atoms with Gasteiger partial charge in [0.15, 0.2) is 0 Å². The smallest absolute Gasteiger partial charge is 0.223 e. The van der Waals surface area contributed by atoms with E-state index in [4.69, 9.17) is 5.73 Å². The summed E-state index contributed by atoms with van der Waals surface area (Å²) < 4.78 is 0. The second kappa shape index (κ2) is 8.50. The third-order valence-corrected chi connectivity index (χ3v) is 5.52. The van der Waals surface area contributed by atoms with Gasteiger partial charge < -0.3 is 10.6 Å². The van der Waals surface area contributed by atoms with Gasteiger partial charge >= 0.3 is 0 Å². The van der Waals surface area contributed by atoms with Crippen molar-refractivity contribution in [3.63, 3.8) is 0 Å². The number of hydrogen-bond acceptors (Lipinski definition) is 2. The Balaban J connectivity index is 1.63. The van der Waals surface area contributed by atoms with E-state index in [-0.39, 0.29) is 5.91 Å². The average molecular weight is 351 g/mol. The van der Waals surface area contributed by atoms with Crippen LogP contribution in [0, 0.1) is 0 Å². The molecule has 0 bridgehead atoms. The van der Waals surface area contributed by atoms with Gasteiger partial charge in [0, 0.05) is 19.4 Å². The van der Waals surface area contributed by atoms with Crippen LogP contribution in [-0.2, 0) is 24.1 Å². The number of aryl methyl sites for hydroxylation is 2. The molecule has 0 fully saturated rings. The lowest BCUT2D eigenvalue weighted by atomic mass is 9.82. The van der Waals surface area contributed by atoms with Gasteiger partial charge in [-0.2, -0.15) is 0 Å². The molecule has 3 heteroatoms. The summed E-state index contributed by atoms with van der Waals surface area (Å²) >= 11 is 0. The minimum Gasteiger partial charge on any atom is -0.324 e. The van der Waals surface area contributed by atoms with E-state index in [1.165, 1.54) is 16.7 Å². The van der Waals surface area contributed by atoms with E-state index in [2.05, 4.69) is 48.5 Å². The van der Waals surface area contributed by atoms with Crippen molar-refractivity contribution in [1.29, 1.82) is 0 Å². The number of nitrogens with zero attached hydrogens (tertiary/aromatic N) is 1. The zero-order valence-electron chi connectivity index (χ0n) is 15.8. The van der Waals surface area contributed by atoms with Gasteiger partial charge in [-0.1, -0.05) is 61.5 Å². The van der Waals surface area contributed by atoms with Crippen molar-refractivity contribution in [3.05, 3.63) is 71.3 Å². The molecule has 2 N–H and O–H groups in total. The molecular weight excluding hydrogens is 320 g/mol. The Bertz CT molecular complexity index is 728. The number of benzene rings is 2. The first-order chi connectivity index (χ1) is 12.6. The highest BCUT2D eigenvalue weighted by Gasteiger charge is 2.37. The Morgan fingerprint density at radius 3 is 2.46 bits per heavy atom. The van der Waals surface area contributed by atoms with E-state index in [1.807, 2.05) is 17.9 Å². The predicted octanol–water partition coefficient (Wildman–Crippen LogP) is 4.09. The Morgan fingerprint density at radius 1 is 1.04 bits per heavy atom. The minimum absolute atomic E-state index is 0.173. The van der Waals surface area contributed by atoms with E-state index < -0.39 is 5.66 Å². The molecule has 1 aliphatic carbocycles. The number of hydrogen-bond donors (Lipinski definition) is 1. The molecule has 1 atom stereocenters. The number of unbranched alkanes of at least 4 members (excludes halogenated alkanes) is 1. The Morgan fingerprint density at radius 2 is 1.73 bits per heavy atom. The van der Waals surface area contributed by atoms with Crippen LogP contribution in [0.4, 0.5) is 0 Å². The summed E-state index contributed by atoms with van der Waals surface area (Å²) in [5.74, 6) is 0.173. The molecule has 1 unspecified atom stereocenters. The summed E-state index contributed by atoms with van der Waals surface area (Å²) in [7, 11) is 0. The highest BCUT2D eigenvalue weighted by Crippen LogP contribution is 2.30. The lowest BCUT2D eigenvalue weighted by Crippen LogP contribution is -2.61. The molecular formula is C23H30N2O. The van der Waals surface area contributed by atoms with Crippen molar-refractivity contribution in [2.45, 2.75) is 57.5 Å². The second-order valence-electron chi connectivity index (χ2n) is 7.39. The van der Waals surface area contributed by atoms with Gasteiger partial charge in [0.25, 0.3) is 0 Å². The van der Waals surface area contributed by atoms with Crippen LogP contribution in [0.2, 0.25) is 0 Å². The van der Waals surface area contributed by atoms with Crippen molar-refractivity contribution in [2.75, 3.05) is 6.54 Å². The van der Waals surface area contributed by atoms with Gasteiger partial charge in [-0.05, 0) is 48.8 Å². The number of carbonyl (C=O) groups is 1. The molecule has 26 heavy (non-hydrogen) atoms. The zero-order chi connectivity index (χ0) is 18.4. The van der Waals surface area contributed by atoms with Gasteiger partial charge in [0.05, 0.1) is 5.66 Å². The van der Waals surface area contributed by atoms with Crippen molar-refractivity contribution < 1.29 is 4.79 Å². The molecule has 2 aromatic carbocycles. The maximum absolute atomic E-state index is 12.6. The number of rotatable bonds is 7. The summed E-state index contributed by atoms with van der Waals surface area (Å²) in [6.07, 6.45) is 6.17. The Kier molecular flexibility index (Phi) is 6.10. The van der Waals surface area contributed by atoms with E-state index in [0.29, 0.717) is 6.42 Å². The number of amides is 1. The summed E-state index contributed by atoms with van der Waals surface area (Å²) in [5.41, 5.74) is 10.3. The van der Waals surface area contributed by atoms with Crippen LogP contribution in [-0.4, -0.2) is 23.0 Å². The Hall–Kier alpha value is -2.13. The number of nitrogens with two attached hydrogens (primary N) is 1. The molecule has 1 aliphatic rings. The maximum atomic E-state index is 12.6. The molecule has 0 aromatic heterocycles. The molecule has 3 rings (SSSR count). The molecule has 138 valence electrons. The molecule has 0 aliphatic heterocycles. The zero-order valence-corrected chi connectivity index (χ0v) is 15.8. The van der Waals surface area contributed by atoms with Crippen molar-refractivity contribution >= 4 is 5.91 Å². The lowest BCUT2D eigenvalue weighted by Gasteiger charge is -2.44. The van der Waals surface area contributed by atoms with Gasteiger partial charge in [-0.3, -0.25) is 4.79 Å². The van der Waals surface area contributed by atoms with Crippen LogP contribution in [0.5, 0.6) is 0 Å². The summed E-state index contributed by atoms with van der Waals surface area (Å²) in [6.45, 7) is 2.68. The molecule has 1 amide bonds. The van der Waals surface area contributed by atoms with Gasteiger partial charge in [-0.15, -0.1) is 0 Å². The number of carbonyl (C=O) groups excluding carboxylic acids is 1. The van der Waals surface area contributed by atoms with Crippen molar-refractivity contribution in [2.24, 2.45) is 5.73 Å². The van der Waals surface area contributed by atoms with E-state index in [1.54, 1.807) is 0 Å². The normalized spacial score (nSPS) is 19.0. The fourth-order valence-corrected chi connectivity index (χ4v) is 4.00. The van der Waals surface area contributed by atoms with Crippen LogP contribution >= 0.6 is 0 Å². The lowest BCUT2D eigenvalue weighted by molar-refractivity contribution is -0.138. The fourth-order valence-electron chi connectivity index (χ4n) is 4.00. The standard InChI is InChI=1S/C23H30N2O/c1-2-22(26)25(17-9-8-12-19-10-4-3-5-11-19)23(24)16-15-20-13-6-7-14-21(20)18-23/h3-7,10-11,13-14H,2,8-9,12,15-18,24H2,1H3. The number of fused-ring (bicyclic) bond motifs is 1. The predicted molar refractivity (Wildman–Crippen MR) is 107 cm³/mol. The molecule has 3 nitrogen and oxygen atoms in total. The van der Waals surface area contributed by atoms with E-state index in [9.17, 15) is 4.79 Å². The summed E-state index contributed by atoms with van der Waals surface area (Å²) in [6, 6.07) is 19.0. The second-order valence-corrected chi connectivity index (χ2v) is 7.39. The third kappa shape index (κ3) is 4.34. The first-order valence-electron chi connectivity index (χ1n) is 9.82. The Labute approximate surface area is 157 Å².